The average Bonchev–Trinajstić information content (AvgIpc) is 2.92. The molecule has 2 aliphatic rings. The molecule has 5 heteroatoms. The SMILES string of the molecule is Clc1ccc2c(n1)OC1(CC1)CNS2. The topological polar surface area (TPSA) is 34.1 Å². The van der Waals surface area contributed by atoms with Crippen LogP contribution in [0, 0.1) is 0 Å². The number of hydrogen-bond donors (Lipinski definition) is 1. The van der Waals surface area contributed by atoms with Crippen LogP contribution in [0.15, 0.2) is 17.0 Å². The number of ether oxygens (including phenoxy) is 1. The van der Waals surface area contributed by atoms with Gasteiger partial charge in [0.25, 0.3) is 0 Å². The molecule has 0 amide bonds. The Labute approximate surface area is 91.3 Å². The Kier molecular flexibility index (Phi) is 1.90. The van der Waals surface area contributed by atoms with Crippen molar-refractivity contribution in [1.82, 2.24) is 9.71 Å². The molecule has 1 N–H and O–H groups in total. The number of hydrogen-bond acceptors (Lipinski definition) is 4. The smallest absolute Gasteiger partial charge is 0.230 e. The normalized spacial score (nSPS) is 22.4. The lowest BCUT2D eigenvalue weighted by atomic mass is 10.3. The quantitative estimate of drug-likeness (QED) is 0.546. The number of nitrogens with one attached hydrogen (secondary N) is 1. The summed E-state index contributed by atoms with van der Waals surface area (Å²) in [6, 6.07) is 3.72. The van der Waals surface area contributed by atoms with Gasteiger partial charge in [-0.2, -0.15) is 0 Å². The first-order valence-electron chi connectivity index (χ1n) is 4.53. The molecule has 3 nitrogen and oxygen atoms in total. The Balaban J connectivity index is 2.00. The molecular weight excluding hydrogens is 220 g/mol. The maximum atomic E-state index is 5.86. The summed E-state index contributed by atoms with van der Waals surface area (Å²) in [5, 5.41) is 0.488. The van der Waals surface area contributed by atoms with Crippen molar-refractivity contribution in [3.05, 3.63) is 17.3 Å². The third kappa shape index (κ3) is 1.47. The molecular formula is C9H9ClN2OS. The standard InChI is InChI=1S/C9H9ClN2OS/c10-7-2-1-6-8(12-7)13-9(3-4-9)5-11-14-6/h1-2,11H,3-5H2. The van der Waals surface area contributed by atoms with E-state index < -0.39 is 0 Å². The first kappa shape index (κ1) is 8.83. The van der Waals surface area contributed by atoms with Gasteiger partial charge in [0.05, 0.1) is 4.90 Å². The van der Waals surface area contributed by atoms with Gasteiger partial charge < -0.3 is 4.74 Å². The molecule has 1 saturated carbocycles. The zero-order valence-corrected chi connectivity index (χ0v) is 8.99. The summed E-state index contributed by atoms with van der Waals surface area (Å²) in [7, 11) is 0. The summed E-state index contributed by atoms with van der Waals surface area (Å²) in [6.07, 6.45) is 2.21. The lowest BCUT2D eigenvalue weighted by Crippen LogP contribution is -2.28. The molecule has 0 aromatic carbocycles. The fraction of sp³-hybridized carbons (Fsp3) is 0.444. The van der Waals surface area contributed by atoms with Gasteiger partial charge in [-0.3, -0.25) is 4.72 Å². The second-order valence-electron chi connectivity index (χ2n) is 3.65. The minimum Gasteiger partial charge on any atom is -0.469 e. The Bertz CT molecular complexity index is 381. The van der Waals surface area contributed by atoms with Crippen LogP contribution in [-0.2, 0) is 0 Å². The Morgan fingerprint density at radius 3 is 3.14 bits per heavy atom. The molecule has 0 unspecified atom stereocenters. The highest BCUT2D eigenvalue weighted by atomic mass is 35.5. The van der Waals surface area contributed by atoms with Gasteiger partial charge in [-0.25, -0.2) is 4.98 Å². The molecule has 0 saturated heterocycles. The van der Waals surface area contributed by atoms with Crippen LogP contribution in [0.1, 0.15) is 12.8 Å². The van der Waals surface area contributed by atoms with E-state index in [1.165, 1.54) is 0 Å². The van der Waals surface area contributed by atoms with Crippen molar-refractivity contribution in [2.75, 3.05) is 6.54 Å². The molecule has 1 aliphatic carbocycles. The third-order valence-electron chi connectivity index (χ3n) is 2.49. The highest BCUT2D eigenvalue weighted by Crippen LogP contribution is 2.44. The molecule has 0 bridgehead atoms. The lowest BCUT2D eigenvalue weighted by molar-refractivity contribution is 0.174. The minimum absolute atomic E-state index is 0.00404. The maximum Gasteiger partial charge on any atom is 0.230 e. The van der Waals surface area contributed by atoms with E-state index in [0.717, 1.165) is 24.3 Å². The second-order valence-corrected chi connectivity index (χ2v) is 4.97. The van der Waals surface area contributed by atoms with Gasteiger partial charge in [-0.05, 0) is 36.9 Å². The van der Waals surface area contributed by atoms with Crippen molar-refractivity contribution >= 4 is 23.5 Å². The summed E-state index contributed by atoms with van der Waals surface area (Å²) < 4.78 is 9.14. The van der Waals surface area contributed by atoms with Crippen molar-refractivity contribution < 1.29 is 4.74 Å². The predicted octanol–water partition coefficient (Wildman–Crippen LogP) is 2.26. The molecule has 1 fully saturated rings. The average molecular weight is 229 g/mol. The van der Waals surface area contributed by atoms with Crippen LogP contribution in [0.25, 0.3) is 0 Å². The van der Waals surface area contributed by atoms with Crippen LogP contribution in [-0.4, -0.2) is 17.1 Å². The van der Waals surface area contributed by atoms with Crippen molar-refractivity contribution in [2.24, 2.45) is 0 Å². The number of rotatable bonds is 0. The van der Waals surface area contributed by atoms with Gasteiger partial charge in [-0.1, -0.05) is 11.6 Å². The van der Waals surface area contributed by atoms with Crippen LogP contribution in [0.4, 0.5) is 0 Å². The van der Waals surface area contributed by atoms with Gasteiger partial charge in [0, 0.05) is 6.54 Å². The number of aromatic nitrogens is 1. The monoisotopic (exact) mass is 228 g/mol. The molecule has 14 heavy (non-hydrogen) atoms. The molecule has 0 radical (unpaired) electrons. The number of pyridine rings is 1. The van der Waals surface area contributed by atoms with Gasteiger partial charge in [0.2, 0.25) is 5.88 Å². The van der Waals surface area contributed by atoms with E-state index in [1.54, 1.807) is 18.0 Å². The first-order chi connectivity index (χ1) is 6.77. The van der Waals surface area contributed by atoms with Crippen molar-refractivity contribution in [1.29, 1.82) is 0 Å². The van der Waals surface area contributed by atoms with Gasteiger partial charge in [0.15, 0.2) is 0 Å². The van der Waals surface area contributed by atoms with Crippen LogP contribution >= 0.6 is 23.5 Å². The largest absolute Gasteiger partial charge is 0.469 e. The minimum atomic E-state index is -0.00404. The fourth-order valence-electron chi connectivity index (χ4n) is 1.46. The fourth-order valence-corrected chi connectivity index (χ4v) is 2.40. The van der Waals surface area contributed by atoms with Crippen LogP contribution < -0.4 is 9.46 Å². The summed E-state index contributed by atoms with van der Waals surface area (Å²) >= 11 is 7.39. The third-order valence-corrected chi connectivity index (χ3v) is 3.52. The Hall–Kier alpha value is -0.450. The van der Waals surface area contributed by atoms with Crippen molar-refractivity contribution in [3.8, 4) is 5.88 Å². The summed E-state index contributed by atoms with van der Waals surface area (Å²) in [5.74, 6) is 0.671. The highest BCUT2D eigenvalue weighted by molar-refractivity contribution is 7.97. The van der Waals surface area contributed by atoms with Gasteiger partial charge in [-0.15, -0.1) is 0 Å². The van der Waals surface area contributed by atoms with E-state index >= 15 is 0 Å². The van der Waals surface area contributed by atoms with E-state index in [4.69, 9.17) is 16.3 Å². The van der Waals surface area contributed by atoms with E-state index in [9.17, 15) is 0 Å². The Morgan fingerprint density at radius 2 is 2.36 bits per heavy atom. The van der Waals surface area contributed by atoms with Crippen molar-refractivity contribution in [2.45, 2.75) is 23.3 Å². The lowest BCUT2D eigenvalue weighted by Gasteiger charge is -2.13. The number of fused-ring (bicyclic) bond motifs is 1. The first-order valence-corrected chi connectivity index (χ1v) is 5.72. The zero-order valence-electron chi connectivity index (χ0n) is 7.42. The molecule has 1 aliphatic heterocycles. The summed E-state index contributed by atoms with van der Waals surface area (Å²) in [5.41, 5.74) is -0.00404. The van der Waals surface area contributed by atoms with E-state index in [2.05, 4.69) is 9.71 Å². The van der Waals surface area contributed by atoms with Crippen LogP contribution in [0.3, 0.4) is 0 Å². The second kappa shape index (κ2) is 3.02. The zero-order chi connectivity index (χ0) is 9.60. The summed E-state index contributed by atoms with van der Waals surface area (Å²) in [6.45, 7) is 0.881. The predicted molar refractivity (Wildman–Crippen MR) is 55.7 cm³/mol. The van der Waals surface area contributed by atoms with Gasteiger partial charge >= 0.3 is 0 Å². The molecule has 0 atom stereocenters. The molecule has 1 aromatic heterocycles. The van der Waals surface area contributed by atoms with Crippen LogP contribution in [0.2, 0.25) is 5.15 Å². The maximum absolute atomic E-state index is 5.86. The molecule has 74 valence electrons. The Morgan fingerprint density at radius 1 is 1.50 bits per heavy atom. The summed E-state index contributed by atoms with van der Waals surface area (Å²) in [4.78, 5) is 5.20. The van der Waals surface area contributed by atoms with Crippen LogP contribution in [0.5, 0.6) is 5.88 Å². The number of nitrogens with zero attached hydrogens (tertiary/aromatic N) is 1. The molecule has 2 heterocycles. The highest BCUT2D eigenvalue weighted by Gasteiger charge is 2.47. The van der Waals surface area contributed by atoms with E-state index in [0.29, 0.717) is 11.0 Å². The van der Waals surface area contributed by atoms with E-state index in [1.807, 2.05) is 6.07 Å². The molecule has 1 aromatic rings. The van der Waals surface area contributed by atoms with Crippen molar-refractivity contribution in [3.63, 3.8) is 0 Å². The molecule has 1 spiro atoms. The van der Waals surface area contributed by atoms with E-state index in [-0.39, 0.29) is 5.60 Å². The van der Waals surface area contributed by atoms with Gasteiger partial charge in [0.1, 0.15) is 10.8 Å². The molecule has 3 rings (SSSR count). The number of halogens is 1.